The molecule has 0 atom stereocenters. The van der Waals surface area contributed by atoms with Crippen molar-refractivity contribution in [1.29, 1.82) is 0 Å². The van der Waals surface area contributed by atoms with Crippen LogP contribution in [0.4, 0.5) is 0 Å². The molecule has 0 heterocycles. The molecule has 0 aliphatic carbocycles. The van der Waals surface area contributed by atoms with Gasteiger partial charge in [0.1, 0.15) is 0 Å². The lowest BCUT2D eigenvalue weighted by molar-refractivity contribution is 0.581. The van der Waals surface area contributed by atoms with E-state index < -0.39 is 20.0 Å². The molecule has 0 fully saturated rings. The molecule has 9 heteroatoms. The maximum atomic E-state index is 12.1. The molecule has 0 unspecified atom stereocenters. The Labute approximate surface area is 143 Å². The fourth-order valence-corrected chi connectivity index (χ4v) is 3.68. The number of hydrogen-bond acceptors (Lipinski definition) is 4. The van der Waals surface area contributed by atoms with Gasteiger partial charge in [-0.15, -0.1) is 0 Å². The van der Waals surface area contributed by atoms with E-state index in [2.05, 4.69) is 20.7 Å². The first-order valence-corrected chi connectivity index (χ1v) is 10.4. The SMILES string of the molecule is NS(=O)(=O)c1ccc(CCNS(=O)(=O)c2ccc(Br)cc2)cc1. The third kappa shape index (κ3) is 5.11. The van der Waals surface area contributed by atoms with Gasteiger partial charge >= 0.3 is 0 Å². The van der Waals surface area contributed by atoms with Crippen molar-refractivity contribution < 1.29 is 16.8 Å². The summed E-state index contributed by atoms with van der Waals surface area (Å²) in [4.78, 5) is 0.210. The van der Waals surface area contributed by atoms with Crippen LogP contribution in [0.1, 0.15) is 5.56 Å². The molecule has 0 radical (unpaired) electrons. The van der Waals surface area contributed by atoms with E-state index in [0.717, 1.165) is 10.0 Å². The standard InChI is InChI=1S/C14H15BrN2O4S2/c15-12-3-7-14(8-4-12)23(20,21)17-10-9-11-1-5-13(6-2-11)22(16,18)19/h1-8,17H,9-10H2,(H2,16,18,19). The number of nitrogens with one attached hydrogen (secondary N) is 1. The van der Waals surface area contributed by atoms with E-state index in [1.807, 2.05) is 0 Å². The summed E-state index contributed by atoms with van der Waals surface area (Å²) in [5.74, 6) is 0. The van der Waals surface area contributed by atoms with Crippen molar-refractivity contribution in [1.82, 2.24) is 4.72 Å². The van der Waals surface area contributed by atoms with Gasteiger partial charge in [-0.2, -0.15) is 0 Å². The summed E-state index contributed by atoms with van der Waals surface area (Å²) in [6.45, 7) is 0.202. The molecule has 2 aromatic rings. The van der Waals surface area contributed by atoms with Crippen LogP contribution >= 0.6 is 15.9 Å². The number of rotatable bonds is 6. The Hall–Kier alpha value is -1.26. The van der Waals surface area contributed by atoms with Crippen LogP contribution in [0.15, 0.2) is 62.8 Å². The minimum absolute atomic E-state index is 0.0247. The van der Waals surface area contributed by atoms with Crippen molar-refractivity contribution in [3.05, 3.63) is 58.6 Å². The van der Waals surface area contributed by atoms with Crippen LogP contribution in [0.25, 0.3) is 0 Å². The Morgan fingerprint density at radius 3 is 1.91 bits per heavy atom. The zero-order valence-corrected chi connectivity index (χ0v) is 15.2. The van der Waals surface area contributed by atoms with Crippen molar-refractivity contribution in [2.75, 3.05) is 6.54 Å². The van der Waals surface area contributed by atoms with Crippen LogP contribution < -0.4 is 9.86 Å². The predicted molar refractivity (Wildman–Crippen MR) is 90.8 cm³/mol. The lowest BCUT2D eigenvalue weighted by Gasteiger charge is -2.07. The van der Waals surface area contributed by atoms with Gasteiger partial charge in [0, 0.05) is 11.0 Å². The van der Waals surface area contributed by atoms with Crippen LogP contribution in [-0.2, 0) is 26.5 Å². The quantitative estimate of drug-likeness (QED) is 0.742. The predicted octanol–water partition coefficient (Wildman–Crippen LogP) is 1.62. The molecule has 2 aromatic carbocycles. The van der Waals surface area contributed by atoms with Gasteiger partial charge in [-0.1, -0.05) is 28.1 Å². The molecule has 0 aromatic heterocycles. The first kappa shape index (κ1) is 18.1. The summed E-state index contributed by atoms with van der Waals surface area (Å²) >= 11 is 3.25. The van der Waals surface area contributed by atoms with Crippen LogP contribution in [-0.4, -0.2) is 23.4 Å². The van der Waals surface area contributed by atoms with Crippen LogP contribution in [0.3, 0.4) is 0 Å². The molecule has 3 N–H and O–H groups in total. The minimum atomic E-state index is -3.72. The second-order valence-corrected chi connectivity index (χ2v) is 9.03. The Bertz CT molecular complexity index is 877. The van der Waals surface area contributed by atoms with E-state index in [-0.39, 0.29) is 16.3 Å². The molecule has 0 amide bonds. The van der Waals surface area contributed by atoms with E-state index in [4.69, 9.17) is 5.14 Å². The Balaban J connectivity index is 1.98. The number of halogens is 1. The van der Waals surface area contributed by atoms with Gasteiger partial charge in [0.05, 0.1) is 9.79 Å². The fourth-order valence-electron chi connectivity index (χ4n) is 1.87. The average Bonchev–Trinajstić information content (AvgIpc) is 2.47. The van der Waals surface area contributed by atoms with Gasteiger partial charge in [0.2, 0.25) is 20.0 Å². The fraction of sp³-hybridized carbons (Fsp3) is 0.143. The molecule has 0 aliphatic heterocycles. The number of benzene rings is 2. The van der Waals surface area contributed by atoms with E-state index in [0.29, 0.717) is 6.42 Å². The zero-order chi connectivity index (χ0) is 17.1. The molecule has 6 nitrogen and oxygen atoms in total. The van der Waals surface area contributed by atoms with Crippen molar-refractivity contribution in [3.63, 3.8) is 0 Å². The third-order valence-electron chi connectivity index (χ3n) is 3.08. The molecular formula is C14H15BrN2O4S2. The summed E-state index contributed by atoms with van der Waals surface area (Å²) in [6, 6.07) is 12.3. The number of hydrogen-bond donors (Lipinski definition) is 2. The molecule has 0 spiro atoms. The average molecular weight is 419 g/mol. The summed E-state index contributed by atoms with van der Waals surface area (Å²) in [6.07, 6.45) is 0.431. The van der Waals surface area contributed by atoms with Gasteiger partial charge in [-0.3, -0.25) is 0 Å². The maximum Gasteiger partial charge on any atom is 0.240 e. The summed E-state index contributed by atoms with van der Waals surface area (Å²) in [7, 11) is -7.28. The summed E-state index contributed by atoms with van der Waals surface area (Å²) in [5, 5.41) is 5.02. The molecule has 0 saturated heterocycles. The Morgan fingerprint density at radius 2 is 1.39 bits per heavy atom. The first-order chi connectivity index (χ1) is 10.7. The third-order valence-corrected chi connectivity index (χ3v) is 6.02. The number of sulfonamides is 2. The lowest BCUT2D eigenvalue weighted by Crippen LogP contribution is -2.26. The maximum absolute atomic E-state index is 12.1. The highest BCUT2D eigenvalue weighted by molar-refractivity contribution is 9.10. The Kier molecular flexibility index (Phi) is 5.58. The molecule has 2 rings (SSSR count). The van der Waals surface area contributed by atoms with E-state index >= 15 is 0 Å². The first-order valence-electron chi connectivity index (χ1n) is 6.55. The van der Waals surface area contributed by atoms with Crippen LogP contribution in [0.5, 0.6) is 0 Å². The molecule has 0 saturated carbocycles. The van der Waals surface area contributed by atoms with Gasteiger partial charge < -0.3 is 0 Å². The molecular weight excluding hydrogens is 404 g/mol. The van der Waals surface area contributed by atoms with E-state index in [1.54, 1.807) is 24.3 Å². The number of nitrogens with two attached hydrogens (primary N) is 1. The Morgan fingerprint density at radius 1 is 0.870 bits per heavy atom. The van der Waals surface area contributed by atoms with Crippen molar-refractivity contribution in [2.24, 2.45) is 5.14 Å². The summed E-state index contributed by atoms with van der Waals surface area (Å²) in [5.41, 5.74) is 0.802. The monoisotopic (exact) mass is 418 g/mol. The van der Waals surface area contributed by atoms with Crippen molar-refractivity contribution in [3.8, 4) is 0 Å². The second kappa shape index (κ2) is 7.10. The second-order valence-electron chi connectivity index (χ2n) is 4.79. The minimum Gasteiger partial charge on any atom is -0.225 e. The number of primary sulfonamides is 1. The molecule has 0 aliphatic rings. The van der Waals surface area contributed by atoms with Crippen molar-refractivity contribution >= 4 is 36.0 Å². The van der Waals surface area contributed by atoms with Gasteiger partial charge in [0.25, 0.3) is 0 Å². The molecule has 124 valence electrons. The highest BCUT2D eigenvalue weighted by atomic mass is 79.9. The smallest absolute Gasteiger partial charge is 0.225 e. The summed E-state index contributed by atoms with van der Waals surface area (Å²) < 4.78 is 49.8. The molecule has 0 bridgehead atoms. The van der Waals surface area contributed by atoms with Gasteiger partial charge in [-0.25, -0.2) is 26.7 Å². The topological polar surface area (TPSA) is 106 Å². The largest absolute Gasteiger partial charge is 0.240 e. The van der Waals surface area contributed by atoms with Gasteiger partial charge in [-0.05, 0) is 48.4 Å². The van der Waals surface area contributed by atoms with E-state index in [9.17, 15) is 16.8 Å². The van der Waals surface area contributed by atoms with Crippen LogP contribution in [0, 0.1) is 0 Å². The highest BCUT2D eigenvalue weighted by Crippen LogP contribution is 2.14. The van der Waals surface area contributed by atoms with Crippen LogP contribution in [0.2, 0.25) is 0 Å². The van der Waals surface area contributed by atoms with E-state index in [1.165, 1.54) is 24.3 Å². The van der Waals surface area contributed by atoms with Crippen molar-refractivity contribution in [2.45, 2.75) is 16.2 Å². The molecule has 23 heavy (non-hydrogen) atoms. The lowest BCUT2D eigenvalue weighted by atomic mass is 10.2. The van der Waals surface area contributed by atoms with Gasteiger partial charge in [0.15, 0.2) is 0 Å². The zero-order valence-electron chi connectivity index (χ0n) is 11.9. The highest BCUT2D eigenvalue weighted by Gasteiger charge is 2.13. The normalized spacial score (nSPS) is 12.3.